The molecule has 1 amide bonds. The van der Waals surface area contributed by atoms with Gasteiger partial charge in [0.15, 0.2) is 5.82 Å². The van der Waals surface area contributed by atoms with Crippen molar-refractivity contribution < 1.29 is 17.9 Å². The molecule has 0 aliphatic carbocycles. The molecule has 9 nitrogen and oxygen atoms in total. The maximum atomic E-state index is 13.0. The summed E-state index contributed by atoms with van der Waals surface area (Å²) in [5.41, 5.74) is 2.24. The summed E-state index contributed by atoms with van der Waals surface area (Å²) in [5, 5.41) is 7.02. The quantitative estimate of drug-likeness (QED) is 0.417. The van der Waals surface area contributed by atoms with Crippen LogP contribution in [-0.2, 0) is 10.0 Å². The number of sulfonamides is 1. The molecule has 0 spiro atoms. The van der Waals surface area contributed by atoms with Gasteiger partial charge in [-0.15, -0.1) is 0 Å². The molecule has 0 radical (unpaired) electrons. The van der Waals surface area contributed by atoms with E-state index in [1.807, 2.05) is 6.07 Å². The number of carbonyl (C=O) groups excluding carboxylic acids is 1. The van der Waals surface area contributed by atoms with Gasteiger partial charge in [-0.25, -0.2) is 18.1 Å². The van der Waals surface area contributed by atoms with Gasteiger partial charge in [-0.1, -0.05) is 12.1 Å². The molecule has 0 bridgehead atoms. The highest BCUT2D eigenvalue weighted by Gasteiger charge is 2.20. The molecule has 0 unspecified atom stereocenters. The summed E-state index contributed by atoms with van der Waals surface area (Å²) >= 11 is 0. The number of carbonyl (C=O) groups is 1. The average molecular weight is 478 g/mol. The van der Waals surface area contributed by atoms with Crippen molar-refractivity contribution in [2.75, 3.05) is 17.1 Å². The van der Waals surface area contributed by atoms with E-state index in [0.717, 1.165) is 0 Å². The van der Waals surface area contributed by atoms with Crippen LogP contribution in [0.2, 0.25) is 0 Å². The van der Waals surface area contributed by atoms with E-state index in [9.17, 15) is 13.2 Å². The van der Waals surface area contributed by atoms with Crippen molar-refractivity contribution in [3.05, 3.63) is 89.9 Å². The fraction of sp³-hybridized carbons (Fsp3) is 0.125. The average Bonchev–Trinajstić information content (AvgIpc) is 3.22. The molecule has 0 atom stereocenters. The van der Waals surface area contributed by atoms with Crippen LogP contribution in [-0.4, -0.2) is 36.2 Å². The molecule has 2 heterocycles. The van der Waals surface area contributed by atoms with Crippen molar-refractivity contribution in [1.29, 1.82) is 0 Å². The second kappa shape index (κ2) is 9.36. The van der Waals surface area contributed by atoms with E-state index in [2.05, 4.69) is 20.1 Å². The van der Waals surface area contributed by atoms with Crippen LogP contribution in [0.25, 0.3) is 5.82 Å². The van der Waals surface area contributed by atoms with Crippen LogP contribution in [0.3, 0.4) is 0 Å². The number of nitrogens with one attached hydrogen (secondary N) is 2. The Bertz CT molecular complexity index is 1430. The number of ether oxygens (including phenoxy) is 1. The van der Waals surface area contributed by atoms with E-state index in [4.69, 9.17) is 4.74 Å². The third-order valence-electron chi connectivity index (χ3n) is 5.20. The third kappa shape index (κ3) is 4.76. The van der Waals surface area contributed by atoms with Gasteiger partial charge in [-0.2, -0.15) is 5.10 Å². The topological polar surface area (TPSA) is 115 Å². The highest BCUT2D eigenvalue weighted by Crippen LogP contribution is 2.25. The standard InChI is InChI=1S/C24H23N5O4S/c1-16-7-8-19(14-22(16)34(31,32)28-18-9-11-20(33-3)12-10-18)27-24(30)21-15-26-29(17(21)2)23-6-4-5-13-25-23/h4-15,28H,1-3H3,(H,27,30). The van der Waals surface area contributed by atoms with Crippen LogP contribution in [0.15, 0.2) is 78.0 Å². The van der Waals surface area contributed by atoms with Crippen molar-refractivity contribution in [3.8, 4) is 11.6 Å². The van der Waals surface area contributed by atoms with Crippen molar-refractivity contribution in [1.82, 2.24) is 14.8 Å². The summed E-state index contributed by atoms with van der Waals surface area (Å²) in [7, 11) is -2.36. The second-order valence-electron chi connectivity index (χ2n) is 7.51. The Hall–Kier alpha value is -4.18. The number of amides is 1. The normalized spacial score (nSPS) is 11.1. The van der Waals surface area contributed by atoms with Crippen molar-refractivity contribution in [2.45, 2.75) is 18.7 Å². The van der Waals surface area contributed by atoms with Gasteiger partial charge >= 0.3 is 0 Å². The number of nitrogens with zero attached hydrogens (tertiary/aromatic N) is 3. The van der Waals surface area contributed by atoms with Gasteiger partial charge < -0.3 is 10.1 Å². The molecular weight excluding hydrogens is 454 g/mol. The molecule has 0 aliphatic rings. The number of hydrogen-bond donors (Lipinski definition) is 2. The summed E-state index contributed by atoms with van der Waals surface area (Å²) in [6, 6.07) is 16.7. The first-order valence-electron chi connectivity index (χ1n) is 10.3. The highest BCUT2D eigenvalue weighted by atomic mass is 32.2. The van der Waals surface area contributed by atoms with Crippen molar-refractivity contribution in [2.24, 2.45) is 0 Å². The molecular formula is C24H23N5O4S. The lowest BCUT2D eigenvalue weighted by molar-refractivity contribution is 0.102. The first kappa shape index (κ1) is 23.0. The zero-order valence-corrected chi connectivity index (χ0v) is 19.6. The minimum atomic E-state index is -3.89. The first-order valence-corrected chi connectivity index (χ1v) is 11.8. The lowest BCUT2D eigenvalue weighted by Gasteiger charge is -2.13. The number of hydrogen-bond acceptors (Lipinski definition) is 6. The SMILES string of the molecule is COc1ccc(NS(=O)(=O)c2cc(NC(=O)c3cnn(-c4ccccn4)c3C)ccc2C)cc1. The van der Waals surface area contributed by atoms with E-state index >= 15 is 0 Å². The number of methoxy groups -OCH3 is 1. The Labute approximate surface area is 197 Å². The molecule has 2 aromatic carbocycles. The maximum Gasteiger partial charge on any atom is 0.262 e. The number of benzene rings is 2. The summed E-state index contributed by atoms with van der Waals surface area (Å²) in [6.07, 6.45) is 3.10. The van der Waals surface area contributed by atoms with Gasteiger partial charge in [0.25, 0.3) is 15.9 Å². The number of aromatic nitrogens is 3. The minimum absolute atomic E-state index is 0.0574. The Morgan fingerprint density at radius 1 is 1.00 bits per heavy atom. The van der Waals surface area contributed by atoms with Crippen LogP contribution < -0.4 is 14.8 Å². The molecule has 4 aromatic rings. The molecule has 0 fully saturated rings. The summed E-state index contributed by atoms with van der Waals surface area (Å²) in [4.78, 5) is 17.2. The largest absolute Gasteiger partial charge is 0.497 e. The monoisotopic (exact) mass is 477 g/mol. The lowest BCUT2D eigenvalue weighted by atomic mass is 10.2. The molecule has 0 aliphatic heterocycles. The van der Waals surface area contributed by atoms with Gasteiger partial charge in [0, 0.05) is 17.6 Å². The molecule has 10 heteroatoms. The zero-order valence-electron chi connectivity index (χ0n) is 18.8. The Morgan fingerprint density at radius 3 is 2.41 bits per heavy atom. The van der Waals surface area contributed by atoms with Crippen LogP contribution >= 0.6 is 0 Å². The summed E-state index contributed by atoms with van der Waals surface area (Å²) < 4.78 is 35.3. The fourth-order valence-electron chi connectivity index (χ4n) is 3.38. The molecule has 2 aromatic heterocycles. The minimum Gasteiger partial charge on any atom is -0.497 e. The van der Waals surface area contributed by atoms with Gasteiger partial charge in [0.2, 0.25) is 0 Å². The maximum absolute atomic E-state index is 13.0. The predicted octanol–water partition coefficient (Wildman–Crippen LogP) is 3.95. The van der Waals surface area contributed by atoms with Gasteiger partial charge in [-0.3, -0.25) is 9.52 Å². The highest BCUT2D eigenvalue weighted by molar-refractivity contribution is 7.92. The predicted molar refractivity (Wildman–Crippen MR) is 129 cm³/mol. The van der Waals surface area contributed by atoms with Crippen molar-refractivity contribution >= 4 is 27.3 Å². The van der Waals surface area contributed by atoms with Gasteiger partial charge in [0.1, 0.15) is 5.75 Å². The molecule has 34 heavy (non-hydrogen) atoms. The zero-order chi connectivity index (χ0) is 24.3. The number of rotatable bonds is 7. The number of aryl methyl sites for hydroxylation is 1. The molecule has 174 valence electrons. The van der Waals surface area contributed by atoms with Gasteiger partial charge in [0.05, 0.1) is 29.5 Å². The Morgan fingerprint density at radius 2 is 1.74 bits per heavy atom. The summed E-state index contributed by atoms with van der Waals surface area (Å²) in [5.74, 6) is 0.799. The molecule has 0 saturated carbocycles. The third-order valence-corrected chi connectivity index (χ3v) is 6.72. The van der Waals surface area contributed by atoms with E-state index in [-0.39, 0.29) is 4.90 Å². The second-order valence-corrected chi connectivity index (χ2v) is 9.16. The number of pyridine rings is 1. The van der Waals surface area contributed by atoms with E-state index in [0.29, 0.717) is 39.8 Å². The first-order chi connectivity index (χ1) is 16.3. The lowest BCUT2D eigenvalue weighted by Crippen LogP contribution is -2.16. The summed E-state index contributed by atoms with van der Waals surface area (Å²) in [6.45, 7) is 3.45. The fourth-order valence-corrected chi connectivity index (χ4v) is 4.71. The van der Waals surface area contributed by atoms with Crippen LogP contribution in [0.5, 0.6) is 5.75 Å². The van der Waals surface area contributed by atoms with Crippen LogP contribution in [0.4, 0.5) is 11.4 Å². The molecule has 4 rings (SSSR count). The van der Waals surface area contributed by atoms with Crippen LogP contribution in [0, 0.1) is 13.8 Å². The van der Waals surface area contributed by atoms with Crippen molar-refractivity contribution in [3.63, 3.8) is 0 Å². The van der Waals surface area contributed by atoms with E-state index in [1.54, 1.807) is 73.3 Å². The molecule has 0 saturated heterocycles. The smallest absolute Gasteiger partial charge is 0.262 e. The Balaban J connectivity index is 1.56. The van der Waals surface area contributed by atoms with Crippen LogP contribution in [0.1, 0.15) is 21.6 Å². The van der Waals surface area contributed by atoms with E-state index < -0.39 is 15.9 Å². The molecule has 2 N–H and O–H groups in total. The Kier molecular flexibility index (Phi) is 6.33. The number of anilines is 2. The van der Waals surface area contributed by atoms with E-state index in [1.165, 1.54) is 19.4 Å². The van der Waals surface area contributed by atoms with Gasteiger partial charge in [-0.05, 0) is 67.9 Å².